The van der Waals surface area contributed by atoms with Crippen LogP contribution in [0.15, 0.2) is 36.5 Å². The Morgan fingerprint density at radius 3 is 2.38 bits per heavy atom. The Morgan fingerprint density at radius 2 is 1.76 bits per heavy atom. The van der Waals surface area contributed by atoms with Crippen LogP contribution in [0.1, 0.15) is 20.8 Å². The Balaban J connectivity index is 1.85. The number of hydrogen-bond donors (Lipinski definition) is 3. The first-order chi connectivity index (χ1) is 17.4. The Labute approximate surface area is 216 Å². The number of nitrogens with zero attached hydrogens (tertiary/aromatic N) is 3. The van der Waals surface area contributed by atoms with Gasteiger partial charge in [0.1, 0.15) is 22.1 Å². The topological polar surface area (TPSA) is 150 Å². The van der Waals surface area contributed by atoms with Crippen molar-refractivity contribution in [3.05, 3.63) is 57.5 Å². The van der Waals surface area contributed by atoms with Gasteiger partial charge in [0.25, 0.3) is 0 Å². The predicted molar refractivity (Wildman–Crippen MR) is 136 cm³/mol. The van der Waals surface area contributed by atoms with Gasteiger partial charge in [-0.15, -0.1) is 0 Å². The van der Waals surface area contributed by atoms with Crippen LogP contribution in [0, 0.1) is 15.9 Å². The first-order valence-corrected chi connectivity index (χ1v) is 11.0. The Bertz CT molecular complexity index is 1330. The van der Waals surface area contributed by atoms with Crippen molar-refractivity contribution in [3.63, 3.8) is 0 Å². The molecule has 196 valence electrons. The number of carbonyl (C=O) groups is 1. The van der Waals surface area contributed by atoms with Crippen LogP contribution in [0.5, 0.6) is 11.5 Å². The molecule has 3 rings (SSSR count). The van der Waals surface area contributed by atoms with Gasteiger partial charge in [-0.25, -0.2) is 9.78 Å². The molecule has 1 heterocycles. The van der Waals surface area contributed by atoms with Crippen LogP contribution < -0.4 is 25.4 Å². The van der Waals surface area contributed by atoms with E-state index in [0.717, 1.165) is 12.1 Å². The molecule has 0 saturated carbocycles. The first kappa shape index (κ1) is 27.2. The van der Waals surface area contributed by atoms with Crippen molar-refractivity contribution in [2.45, 2.75) is 26.4 Å². The summed E-state index contributed by atoms with van der Waals surface area (Å²) in [7, 11) is 2.73. The highest BCUT2D eigenvalue weighted by atomic mass is 35.5. The summed E-state index contributed by atoms with van der Waals surface area (Å²) in [4.78, 5) is 30.7. The molecular weight excluding hydrogens is 511 g/mol. The molecular formula is C23H24ClFN6O6. The largest absolute Gasteiger partial charge is 0.494 e. The summed E-state index contributed by atoms with van der Waals surface area (Å²) in [6.45, 7) is 5.26. The van der Waals surface area contributed by atoms with E-state index in [1.165, 1.54) is 20.4 Å². The minimum absolute atomic E-state index is 0.00547. The number of rotatable bonds is 8. The molecule has 0 aliphatic carbocycles. The molecule has 12 nitrogen and oxygen atoms in total. The van der Waals surface area contributed by atoms with Crippen LogP contribution in [0.25, 0.3) is 0 Å². The molecule has 0 atom stereocenters. The minimum Gasteiger partial charge on any atom is -0.494 e. The normalized spacial score (nSPS) is 10.9. The fourth-order valence-electron chi connectivity index (χ4n) is 3.01. The average Bonchev–Trinajstić information content (AvgIpc) is 2.81. The summed E-state index contributed by atoms with van der Waals surface area (Å²) in [6, 6.07) is 6.67. The first-order valence-electron chi connectivity index (χ1n) is 10.7. The summed E-state index contributed by atoms with van der Waals surface area (Å²) in [5.41, 5.74) is -0.454. The minimum atomic E-state index is -1.05. The maximum atomic E-state index is 14.0. The van der Waals surface area contributed by atoms with E-state index in [0.29, 0.717) is 17.1 Å². The van der Waals surface area contributed by atoms with E-state index in [2.05, 4.69) is 25.9 Å². The maximum absolute atomic E-state index is 14.0. The monoisotopic (exact) mass is 534 g/mol. The summed E-state index contributed by atoms with van der Waals surface area (Å²) in [6.07, 6.45) is 0.676. The number of carbonyl (C=O) groups excluding carboxylic acids is 1. The zero-order chi connectivity index (χ0) is 27.3. The van der Waals surface area contributed by atoms with Crippen molar-refractivity contribution in [2.75, 3.05) is 30.2 Å². The molecule has 0 unspecified atom stereocenters. The van der Waals surface area contributed by atoms with Gasteiger partial charge in [0.2, 0.25) is 11.8 Å². The molecule has 1 amide bonds. The van der Waals surface area contributed by atoms with Crippen molar-refractivity contribution in [1.29, 1.82) is 0 Å². The maximum Gasteiger partial charge on any atom is 0.412 e. The quantitative estimate of drug-likeness (QED) is 0.231. The van der Waals surface area contributed by atoms with Gasteiger partial charge in [-0.3, -0.25) is 15.4 Å². The number of nitro benzene ring substituents is 1. The SMILES string of the molecule is COc1cc(F)c([N+](=O)[O-])cc1Nc1ncc(Cl)c(Nc2ccc(NC(=O)OC(C)(C)C)cc2OC)n1. The van der Waals surface area contributed by atoms with Gasteiger partial charge in [-0.1, -0.05) is 11.6 Å². The number of amides is 1. The molecule has 14 heteroatoms. The fourth-order valence-corrected chi connectivity index (χ4v) is 3.15. The summed E-state index contributed by atoms with van der Waals surface area (Å²) >= 11 is 6.26. The van der Waals surface area contributed by atoms with Gasteiger partial charge in [0.05, 0.1) is 36.7 Å². The van der Waals surface area contributed by atoms with Crippen LogP contribution in [0.4, 0.5) is 43.7 Å². The van der Waals surface area contributed by atoms with E-state index >= 15 is 0 Å². The number of hydrogen-bond acceptors (Lipinski definition) is 10. The molecule has 0 spiro atoms. The number of halogens is 2. The Morgan fingerprint density at radius 1 is 1.08 bits per heavy atom. The molecule has 1 aromatic heterocycles. The van der Waals surface area contributed by atoms with Crippen molar-refractivity contribution < 1.29 is 28.3 Å². The van der Waals surface area contributed by atoms with Crippen molar-refractivity contribution in [2.24, 2.45) is 0 Å². The number of aromatic nitrogens is 2. The molecule has 0 radical (unpaired) electrons. The molecule has 0 aliphatic rings. The van der Waals surface area contributed by atoms with E-state index in [4.69, 9.17) is 25.8 Å². The molecule has 0 saturated heterocycles. The zero-order valence-corrected chi connectivity index (χ0v) is 21.3. The van der Waals surface area contributed by atoms with E-state index in [1.54, 1.807) is 39.0 Å². The van der Waals surface area contributed by atoms with Gasteiger partial charge in [0.15, 0.2) is 5.82 Å². The molecule has 0 aliphatic heterocycles. The summed E-state index contributed by atoms with van der Waals surface area (Å²) in [5.74, 6) is -0.530. The standard InChI is InChI=1S/C23H24ClFN6O6/c1-23(2,3)37-22(32)27-12-6-7-15(18(8-12)35-4)28-20-13(24)11-26-21(30-20)29-16-10-17(31(33)34)14(25)9-19(16)36-5/h6-11H,1-5H3,(H,27,32)(H2,26,28,29,30). The molecule has 3 aromatic rings. The third-order valence-corrected chi connectivity index (χ3v) is 4.83. The van der Waals surface area contributed by atoms with Gasteiger partial charge < -0.3 is 24.8 Å². The van der Waals surface area contributed by atoms with Crippen molar-refractivity contribution >= 4 is 52.2 Å². The number of nitro groups is 1. The lowest BCUT2D eigenvalue weighted by molar-refractivity contribution is -0.387. The molecule has 0 fully saturated rings. The molecule has 3 N–H and O–H groups in total. The highest BCUT2D eigenvalue weighted by molar-refractivity contribution is 6.33. The number of benzene rings is 2. The lowest BCUT2D eigenvalue weighted by Gasteiger charge is -2.20. The van der Waals surface area contributed by atoms with E-state index in [-0.39, 0.29) is 28.2 Å². The smallest absolute Gasteiger partial charge is 0.412 e. The van der Waals surface area contributed by atoms with E-state index in [1.807, 2.05) is 0 Å². The highest BCUT2D eigenvalue weighted by Crippen LogP contribution is 2.35. The zero-order valence-electron chi connectivity index (χ0n) is 20.5. The third kappa shape index (κ3) is 7.07. The van der Waals surface area contributed by atoms with Crippen LogP contribution in [0.2, 0.25) is 5.02 Å². The van der Waals surface area contributed by atoms with Crippen molar-refractivity contribution in [3.8, 4) is 11.5 Å². The second-order valence-corrected chi connectivity index (χ2v) is 8.85. The van der Waals surface area contributed by atoms with Gasteiger partial charge in [-0.2, -0.15) is 9.37 Å². The molecule has 2 aromatic carbocycles. The predicted octanol–water partition coefficient (Wildman–Crippen LogP) is 6.03. The van der Waals surface area contributed by atoms with Gasteiger partial charge in [0, 0.05) is 23.9 Å². The number of ether oxygens (including phenoxy) is 3. The highest BCUT2D eigenvalue weighted by Gasteiger charge is 2.20. The fraction of sp³-hybridized carbons (Fsp3) is 0.261. The van der Waals surface area contributed by atoms with Crippen LogP contribution in [-0.4, -0.2) is 40.8 Å². The van der Waals surface area contributed by atoms with Gasteiger partial charge in [-0.05, 0) is 32.9 Å². The Kier molecular flexibility index (Phi) is 8.17. The molecule has 0 bridgehead atoms. The summed E-state index contributed by atoms with van der Waals surface area (Å²) in [5, 5.41) is 19.7. The second kappa shape index (κ2) is 11.1. The Hall–Kier alpha value is -4.39. The number of nitrogens with one attached hydrogen (secondary N) is 3. The average molecular weight is 535 g/mol. The molecule has 37 heavy (non-hydrogen) atoms. The number of methoxy groups -OCH3 is 2. The van der Waals surface area contributed by atoms with E-state index < -0.39 is 28.1 Å². The number of anilines is 5. The van der Waals surface area contributed by atoms with Crippen LogP contribution in [-0.2, 0) is 4.74 Å². The lowest BCUT2D eigenvalue weighted by atomic mass is 10.2. The van der Waals surface area contributed by atoms with E-state index in [9.17, 15) is 19.3 Å². The lowest BCUT2D eigenvalue weighted by Crippen LogP contribution is -2.27. The van der Waals surface area contributed by atoms with Crippen LogP contribution in [0.3, 0.4) is 0 Å². The summed E-state index contributed by atoms with van der Waals surface area (Å²) < 4.78 is 29.7. The second-order valence-electron chi connectivity index (χ2n) is 8.44. The third-order valence-electron chi connectivity index (χ3n) is 4.56. The van der Waals surface area contributed by atoms with Crippen LogP contribution >= 0.6 is 11.6 Å². The van der Waals surface area contributed by atoms with Gasteiger partial charge >= 0.3 is 11.8 Å². The van der Waals surface area contributed by atoms with Crippen molar-refractivity contribution in [1.82, 2.24) is 9.97 Å².